The number of hydrogen-bond donors (Lipinski definition) is 0. The number of benzene rings is 6. The normalized spacial score (nSPS) is 12.6. The summed E-state index contributed by atoms with van der Waals surface area (Å²) in [5.41, 5.74) is 10.7. The summed E-state index contributed by atoms with van der Waals surface area (Å²) >= 11 is 3.83. The van der Waals surface area contributed by atoms with Crippen LogP contribution in [-0.4, -0.2) is 0 Å². The fourth-order valence-corrected chi connectivity index (χ4v) is 9.29. The lowest BCUT2D eigenvalue weighted by Crippen LogP contribution is -2.10. The van der Waals surface area contributed by atoms with E-state index < -0.39 is 0 Å². The lowest BCUT2D eigenvalue weighted by molar-refractivity contribution is 0.590. The van der Waals surface area contributed by atoms with E-state index in [4.69, 9.17) is 0 Å². The zero-order valence-electron chi connectivity index (χ0n) is 27.4. The smallest absolute Gasteiger partial charge is 0.0434 e. The Kier molecular flexibility index (Phi) is 6.76. The first-order valence-electron chi connectivity index (χ1n) is 16.2. The van der Waals surface area contributed by atoms with E-state index in [0.29, 0.717) is 0 Å². The maximum atomic E-state index is 2.45. The molecule has 0 spiro atoms. The molecule has 0 aliphatic carbocycles. The summed E-state index contributed by atoms with van der Waals surface area (Å²) < 4.78 is 5.37. The van der Waals surface area contributed by atoms with Crippen LogP contribution in [0.2, 0.25) is 0 Å². The first kappa shape index (κ1) is 29.2. The van der Waals surface area contributed by atoms with Crippen molar-refractivity contribution >= 4 is 63.0 Å². The molecule has 8 aromatic rings. The van der Waals surface area contributed by atoms with Gasteiger partial charge in [-0.1, -0.05) is 139 Å². The molecule has 0 aliphatic rings. The maximum absolute atomic E-state index is 2.45. The second kappa shape index (κ2) is 10.7. The first-order valence-corrected chi connectivity index (χ1v) is 17.8. The van der Waals surface area contributed by atoms with Crippen LogP contribution in [0, 0.1) is 0 Å². The highest BCUT2D eigenvalue weighted by molar-refractivity contribution is 7.26. The second-order valence-corrected chi connectivity index (χ2v) is 16.8. The SMILES string of the molecule is CC(C)(C)c1ccc(-c2cccc3sc4c(-c5cc(-c6cccc(C(C)(C)C)c6)c6c(c5)sc5ccccc56)cccc4c23)cc1. The Morgan fingerprint density at radius 2 is 1.04 bits per heavy atom. The first-order chi connectivity index (χ1) is 22.1. The Balaban J connectivity index is 1.37. The van der Waals surface area contributed by atoms with Crippen molar-refractivity contribution < 1.29 is 0 Å². The van der Waals surface area contributed by atoms with Gasteiger partial charge in [0.1, 0.15) is 0 Å². The van der Waals surface area contributed by atoms with Crippen LogP contribution >= 0.6 is 22.7 Å². The Bertz CT molecular complexity index is 2420. The third-order valence-corrected chi connectivity index (χ3v) is 11.7. The molecule has 8 rings (SSSR count). The molecule has 2 heteroatoms. The molecule has 0 N–H and O–H groups in total. The van der Waals surface area contributed by atoms with E-state index >= 15 is 0 Å². The van der Waals surface area contributed by atoms with E-state index in [1.54, 1.807) is 0 Å². The summed E-state index contributed by atoms with van der Waals surface area (Å²) in [5.74, 6) is 0. The minimum absolute atomic E-state index is 0.0803. The van der Waals surface area contributed by atoms with E-state index in [9.17, 15) is 0 Å². The lowest BCUT2D eigenvalue weighted by atomic mass is 9.84. The van der Waals surface area contributed by atoms with Gasteiger partial charge in [-0.2, -0.15) is 0 Å². The van der Waals surface area contributed by atoms with Crippen LogP contribution in [-0.2, 0) is 10.8 Å². The minimum Gasteiger partial charge on any atom is -0.135 e. The molecule has 2 heterocycles. The maximum Gasteiger partial charge on any atom is 0.0434 e. The molecule has 2 aromatic heterocycles. The van der Waals surface area contributed by atoms with E-state index in [1.165, 1.54) is 84.9 Å². The Labute approximate surface area is 280 Å². The molecule has 226 valence electrons. The summed E-state index contributed by atoms with van der Waals surface area (Å²) in [4.78, 5) is 0. The number of fused-ring (bicyclic) bond motifs is 6. The second-order valence-electron chi connectivity index (χ2n) is 14.6. The van der Waals surface area contributed by atoms with Crippen LogP contribution < -0.4 is 0 Å². The minimum atomic E-state index is 0.0803. The monoisotopic (exact) mass is 630 g/mol. The Hall–Kier alpha value is -4.24. The lowest BCUT2D eigenvalue weighted by Gasteiger charge is -2.20. The summed E-state index contributed by atoms with van der Waals surface area (Å²) in [6.07, 6.45) is 0. The largest absolute Gasteiger partial charge is 0.135 e. The Morgan fingerprint density at radius 3 is 1.83 bits per heavy atom. The van der Waals surface area contributed by atoms with Crippen LogP contribution in [0.1, 0.15) is 52.7 Å². The van der Waals surface area contributed by atoms with Crippen LogP contribution in [0.15, 0.2) is 121 Å². The van der Waals surface area contributed by atoms with Gasteiger partial charge in [-0.3, -0.25) is 0 Å². The standard InChI is InChI=1S/C44H38S2/c1-43(2,3)30-22-20-27(21-23-30)32-15-11-19-38-40(32)35-17-10-16-33(42(35)46-38)29-25-36(28-12-9-13-31(24-28)44(4,5)6)41-34-14-7-8-18-37(34)45-39(41)26-29/h7-26H,1-6H3. The van der Waals surface area contributed by atoms with Gasteiger partial charge >= 0.3 is 0 Å². The molecule has 0 saturated carbocycles. The molecule has 0 bridgehead atoms. The number of thiophene rings is 2. The van der Waals surface area contributed by atoms with Crippen molar-refractivity contribution in [3.63, 3.8) is 0 Å². The molecule has 46 heavy (non-hydrogen) atoms. The molecule has 0 atom stereocenters. The molecule has 0 unspecified atom stereocenters. The average molecular weight is 631 g/mol. The third kappa shape index (κ3) is 4.87. The zero-order valence-corrected chi connectivity index (χ0v) is 29.0. The van der Waals surface area contributed by atoms with Crippen molar-refractivity contribution in [2.75, 3.05) is 0 Å². The molecule has 0 nitrogen and oxygen atoms in total. The van der Waals surface area contributed by atoms with E-state index in [-0.39, 0.29) is 10.8 Å². The summed E-state index contributed by atoms with van der Waals surface area (Å²) in [5, 5.41) is 5.39. The van der Waals surface area contributed by atoms with Crippen molar-refractivity contribution in [2.24, 2.45) is 0 Å². The molecule has 0 aliphatic heterocycles. The molecule has 0 radical (unpaired) electrons. The van der Waals surface area contributed by atoms with E-state index in [1.807, 2.05) is 22.7 Å². The van der Waals surface area contributed by atoms with Gasteiger partial charge in [0, 0.05) is 40.3 Å². The van der Waals surface area contributed by atoms with Crippen LogP contribution in [0.4, 0.5) is 0 Å². The van der Waals surface area contributed by atoms with Gasteiger partial charge in [0.15, 0.2) is 0 Å². The van der Waals surface area contributed by atoms with Crippen molar-refractivity contribution in [3.8, 4) is 33.4 Å². The van der Waals surface area contributed by atoms with Gasteiger partial charge in [-0.15, -0.1) is 22.7 Å². The van der Waals surface area contributed by atoms with E-state index in [0.717, 1.165) is 0 Å². The van der Waals surface area contributed by atoms with Gasteiger partial charge in [0.05, 0.1) is 0 Å². The summed E-state index contributed by atoms with van der Waals surface area (Å²) in [6, 6.07) is 45.8. The van der Waals surface area contributed by atoms with Gasteiger partial charge in [-0.25, -0.2) is 0 Å². The van der Waals surface area contributed by atoms with Crippen molar-refractivity contribution in [2.45, 2.75) is 52.4 Å². The van der Waals surface area contributed by atoms with Crippen molar-refractivity contribution in [1.82, 2.24) is 0 Å². The highest BCUT2D eigenvalue weighted by Crippen LogP contribution is 2.47. The average Bonchev–Trinajstić information content (AvgIpc) is 3.62. The van der Waals surface area contributed by atoms with Gasteiger partial charge in [-0.05, 0) is 79.6 Å². The number of hydrogen-bond acceptors (Lipinski definition) is 2. The van der Waals surface area contributed by atoms with Gasteiger partial charge < -0.3 is 0 Å². The highest BCUT2D eigenvalue weighted by Gasteiger charge is 2.20. The third-order valence-electron chi connectivity index (χ3n) is 9.41. The van der Waals surface area contributed by atoms with Crippen LogP contribution in [0.3, 0.4) is 0 Å². The topological polar surface area (TPSA) is 0 Å². The van der Waals surface area contributed by atoms with Crippen molar-refractivity contribution in [3.05, 3.63) is 132 Å². The molecule has 0 fully saturated rings. The fraction of sp³-hybridized carbons (Fsp3) is 0.182. The molecule has 6 aromatic carbocycles. The predicted octanol–water partition coefficient (Wildman–Crippen LogP) is 14.0. The van der Waals surface area contributed by atoms with Crippen molar-refractivity contribution in [1.29, 1.82) is 0 Å². The number of rotatable bonds is 3. The van der Waals surface area contributed by atoms with Gasteiger partial charge in [0.2, 0.25) is 0 Å². The predicted molar refractivity (Wildman–Crippen MR) is 206 cm³/mol. The molecule has 0 saturated heterocycles. The zero-order chi connectivity index (χ0) is 31.8. The fourth-order valence-electron chi connectivity index (χ4n) is 6.86. The van der Waals surface area contributed by atoms with Gasteiger partial charge in [0.25, 0.3) is 0 Å². The van der Waals surface area contributed by atoms with Crippen LogP contribution in [0.25, 0.3) is 73.7 Å². The molecular weight excluding hydrogens is 593 g/mol. The molecule has 0 amide bonds. The van der Waals surface area contributed by atoms with E-state index in [2.05, 4.69) is 163 Å². The highest BCUT2D eigenvalue weighted by atomic mass is 32.1. The molecular formula is C44H38S2. The van der Waals surface area contributed by atoms with Crippen LogP contribution in [0.5, 0.6) is 0 Å². The quantitative estimate of drug-likeness (QED) is 0.182. The summed E-state index contributed by atoms with van der Waals surface area (Å²) in [6.45, 7) is 13.7. The Morgan fingerprint density at radius 1 is 0.391 bits per heavy atom. The summed E-state index contributed by atoms with van der Waals surface area (Å²) in [7, 11) is 0.